The summed E-state index contributed by atoms with van der Waals surface area (Å²) in [5, 5.41) is 18.0. The van der Waals surface area contributed by atoms with E-state index in [1.807, 2.05) is 6.92 Å². The highest BCUT2D eigenvalue weighted by Gasteiger charge is 2.31. The summed E-state index contributed by atoms with van der Waals surface area (Å²) in [5.41, 5.74) is 1.53. The summed E-state index contributed by atoms with van der Waals surface area (Å²) in [6.45, 7) is 2.83. The molecule has 0 radical (unpaired) electrons. The fourth-order valence-corrected chi connectivity index (χ4v) is 2.81. The second kappa shape index (κ2) is 5.62. The first kappa shape index (κ1) is 14.2. The van der Waals surface area contributed by atoms with Gasteiger partial charge in [-0.25, -0.2) is 8.42 Å². The van der Waals surface area contributed by atoms with Crippen LogP contribution in [0.25, 0.3) is 0 Å². The van der Waals surface area contributed by atoms with E-state index in [0.717, 1.165) is 5.56 Å². The van der Waals surface area contributed by atoms with Crippen LogP contribution in [0.1, 0.15) is 24.2 Å². The Kier molecular flexibility index (Phi) is 4.68. The highest BCUT2D eigenvalue weighted by molar-refractivity contribution is 7.92. The van der Waals surface area contributed by atoms with Crippen LogP contribution in [0.3, 0.4) is 0 Å². The summed E-state index contributed by atoms with van der Waals surface area (Å²) in [7, 11) is -3.47. The smallest absolute Gasteiger partial charge is 0.158 e. The van der Waals surface area contributed by atoms with Crippen molar-refractivity contribution < 1.29 is 18.6 Å². The highest BCUT2D eigenvalue weighted by atomic mass is 32.2. The predicted octanol–water partition coefficient (Wildman–Crippen LogP) is 0.824. The van der Waals surface area contributed by atoms with Crippen LogP contribution in [0.2, 0.25) is 0 Å². The van der Waals surface area contributed by atoms with Crippen molar-refractivity contribution in [1.82, 2.24) is 0 Å². The average Bonchev–Trinajstić information content (AvgIpc) is 2.30. The first-order valence-electron chi connectivity index (χ1n) is 5.49. The van der Waals surface area contributed by atoms with Crippen molar-refractivity contribution >= 4 is 9.84 Å². The second-order valence-electron chi connectivity index (χ2n) is 4.03. The standard InChI is InChI=1S/C12H18O4S/c1-3-17(15,16)11(8-13)12(14)10-6-4-9(2)5-7-10/h4-7,11-14H,3,8H2,1-2H3/t11-,12-/m0/s1. The van der Waals surface area contributed by atoms with Crippen LogP contribution in [0.15, 0.2) is 24.3 Å². The molecule has 0 heterocycles. The summed E-state index contributed by atoms with van der Waals surface area (Å²) >= 11 is 0. The van der Waals surface area contributed by atoms with Gasteiger partial charge in [-0.05, 0) is 12.5 Å². The number of aryl methyl sites for hydroxylation is 1. The molecule has 0 unspecified atom stereocenters. The van der Waals surface area contributed by atoms with Crippen molar-refractivity contribution in [3.63, 3.8) is 0 Å². The highest BCUT2D eigenvalue weighted by Crippen LogP contribution is 2.22. The molecule has 4 nitrogen and oxygen atoms in total. The van der Waals surface area contributed by atoms with Crippen LogP contribution in [-0.2, 0) is 9.84 Å². The third-order valence-corrected chi connectivity index (χ3v) is 4.95. The first-order chi connectivity index (χ1) is 7.92. The maximum Gasteiger partial charge on any atom is 0.158 e. The van der Waals surface area contributed by atoms with Crippen molar-refractivity contribution in [2.24, 2.45) is 0 Å². The van der Waals surface area contributed by atoms with Crippen molar-refractivity contribution in [3.05, 3.63) is 35.4 Å². The molecule has 0 spiro atoms. The predicted molar refractivity (Wildman–Crippen MR) is 66.5 cm³/mol. The van der Waals surface area contributed by atoms with Crippen LogP contribution in [0, 0.1) is 6.92 Å². The summed E-state index contributed by atoms with van der Waals surface area (Å²) in [6, 6.07) is 6.94. The molecule has 0 amide bonds. The molecular weight excluding hydrogens is 240 g/mol. The fourth-order valence-electron chi connectivity index (χ4n) is 1.60. The van der Waals surface area contributed by atoms with Crippen molar-refractivity contribution in [2.45, 2.75) is 25.2 Å². The molecule has 0 aliphatic rings. The lowest BCUT2D eigenvalue weighted by atomic mass is 10.1. The number of rotatable bonds is 5. The van der Waals surface area contributed by atoms with E-state index in [-0.39, 0.29) is 5.75 Å². The molecule has 0 fully saturated rings. The molecule has 1 aromatic carbocycles. The molecule has 0 aliphatic carbocycles. The lowest BCUT2D eigenvalue weighted by Gasteiger charge is -2.20. The number of aliphatic hydroxyl groups is 2. The lowest BCUT2D eigenvalue weighted by Crippen LogP contribution is -2.33. The Labute approximate surface area is 102 Å². The molecule has 1 rings (SSSR count). The zero-order chi connectivity index (χ0) is 13.1. The van der Waals surface area contributed by atoms with E-state index in [1.54, 1.807) is 24.3 Å². The van der Waals surface area contributed by atoms with Gasteiger partial charge in [0.05, 0.1) is 12.7 Å². The van der Waals surface area contributed by atoms with Gasteiger partial charge in [-0.3, -0.25) is 0 Å². The van der Waals surface area contributed by atoms with Gasteiger partial charge < -0.3 is 10.2 Å². The minimum atomic E-state index is -3.47. The van der Waals surface area contributed by atoms with Crippen LogP contribution < -0.4 is 0 Å². The Morgan fingerprint density at radius 2 is 1.76 bits per heavy atom. The molecule has 2 atom stereocenters. The van der Waals surface area contributed by atoms with E-state index in [2.05, 4.69) is 0 Å². The molecule has 0 aliphatic heterocycles. The van der Waals surface area contributed by atoms with Gasteiger partial charge in [-0.2, -0.15) is 0 Å². The van der Waals surface area contributed by atoms with E-state index < -0.39 is 27.8 Å². The molecule has 2 N–H and O–H groups in total. The molecule has 1 aromatic rings. The molecule has 17 heavy (non-hydrogen) atoms. The number of sulfone groups is 1. The maximum absolute atomic E-state index is 11.7. The van der Waals surface area contributed by atoms with Crippen LogP contribution in [-0.4, -0.2) is 36.2 Å². The summed E-state index contributed by atoms with van der Waals surface area (Å²) in [6.07, 6.45) is -1.19. The van der Waals surface area contributed by atoms with Gasteiger partial charge in [0.15, 0.2) is 9.84 Å². The van der Waals surface area contributed by atoms with Crippen LogP contribution >= 0.6 is 0 Å². The third-order valence-electron chi connectivity index (χ3n) is 2.81. The van der Waals surface area contributed by atoms with Crippen LogP contribution in [0.5, 0.6) is 0 Å². The van der Waals surface area contributed by atoms with Gasteiger partial charge in [0, 0.05) is 5.75 Å². The summed E-state index contributed by atoms with van der Waals surface area (Å²) in [5.74, 6) is -0.0961. The lowest BCUT2D eigenvalue weighted by molar-refractivity contribution is 0.138. The van der Waals surface area contributed by atoms with Gasteiger partial charge in [-0.1, -0.05) is 36.8 Å². The number of hydrogen-bond acceptors (Lipinski definition) is 4. The van der Waals surface area contributed by atoms with Gasteiger partial charge in [0.2, 0.25) is 0 Å². The van der Waals surface area contributed by atoms with Gasteiger partial charge >= 0.3 is 0 Å². The Morgan fingerprint density at radius 3 is 2.18 bits per heavy atom. The van der Waals surface area contributed by atoms with Gasteiger partial charge in [0.1, 0.15) is 5.25 Å². The molecule has 96 valence electrons. The van der Waals surface area contributed by atoms with E-state index in [1.165, 1.54) is 6.92 Å². The molecule has 0 aromatic heterocycles. The molecule has 0 saturated carbocycles. The zero-order valence-corrected chi connectivity index (χ0v) is 10.8. The Morgan fingerprint density at radius 1 is 1.24 bits per heavy atom. The second-order valence-corrected chi connectivity index (χ2v) is 6.54. The summed E-state index contributed by atoms with van der Waals surface area (Å²) in [4.78, 5) is 0. The van der Waals surface area contributed by atoms with Crippen molar-refractivity contribution in [3.8, 4) is 0 Å². The topological polar surface area (TPSA) is 74.6 Å². The monoisotopic (exact) mass is 258 g/mol. The van der Waals surface area contributed by atoms with E-state index >= 15 is 0 Å². The Hall–Kier alpha value is -0.910. The van der Waals surface area contributed by atoms with E-state index in [0.29, 0.717) is 5.56 Å². The molecule has 5 heteroatoms. The minimum absolute atomic E-state index is 0.0961. The quantitative estimate of drug-likeness (QED) is 0.820. The summed E-state index contributed by atoms with van der Waals surface area (Å²) < 4.78 is 23.4. The number of benzene rings is 1. The number of hydrogen-bond donors (Lipinski definition) is 2. The normalized spacial score (nSPS) is 15.5. The maximum atomic E-state index is 11.7. The van der Waals surface area contributed by atoms with Gasteiger partial charge in [-0.15, -0.1) is 0 Å². The average molecular weight is 258 g/mol. The molecular formula is C12H18O4S. The number of aliphatic hydroxyl groups excluding tert-OH is 2. The molecule has 0 saturated heterocycles. The fraction of sp³-hybridized carbons (Fsp3) is 0.500. The minimum Gasteiger partial charge on any atom is -0.395 e. The molecule has 0 bridgehead atoms. The van der Waals surface area contributed by atoms with Crippen molar-refractivity contribution in [1.29, 1.82) is 0 Å². The van der Waals surface area contributed by atoms with E-state index in [4.69, 9.17) is 5.11 Å². The van der Waals surface area contributed by atoms with Gasteiger partial charge in [0.25, 0.3) is 0 Å². The Bertz CT molecular complexity index is 450. The van der Waals surface area contributed by atoms with Crippen LogP contribution in [0.4, 0.5) is 0 Å². The third kappa shape index (κ3) is 3.28. The SMILES string of the molecule is CCS(=O)(=O)[C@@H](CO)[C@@H](O)c1ccc(C)cc1. The van der Waals surface area contributed by atoms with E-state index in [9.17, 15) is 13.5 Å². The van der Waals surface area contributed by atoms with Crippen molar-refractivity contribution in [2.75, 3.05) is 12.4 Å². The Balaban J connectivity index is 3.02. The first-order valence-corrected chi connectivity index (χ1v) is 7.21. The largest absolute Gasteiger partial charge is 0.395 e. The zero-order valence-electron chi connectivity index (χ0n) is 10.00.